The fourth-order valence-electron chi connectivity index (χ4n) is 2.41. The smallest absolute Gasteiger partial charge is 0.274 e. The van der Waals surface area contributed by atoms with E-state index in [9.17, 15) is 4.39 Å². The number of piperazine rings is 1. The second-order valence-electron chi connectivity index (χ2n) is 5.07. The van der Waals surface area contributed by atoms with Gasteiger partial charge in [0.15, 0.2) is 0 Å². The largest absolute Gasteiger partial charge is 0.289 e. The molecule has 0 unspecified atom stereocenters. The number of hydrogen-bond donors (Lipinski definition) is 0. The van der Waals surface area contributed by atoms with Crippen LogP contribution in [0.2, 0.25) is 5.02 Å². The molecule has 1 aromatic carbocycles. The fourth-order valence-corrected chi connectivity index (χ4v) is 2.62. The molecule has 22 heavy (non-hydrogen) atoms. The number of benzene rings is 1. The zero-order chi connectivity index (χ0) is 15.4. The Kier molecular flexibility index (Phi) is 4.53. The van der Waals surface area contributed by atoms with E-state index in [0.717, 1.165) is 32.0 Å². The molecule has 1 aliphatic rings. The lowest BCUT2D eigenvalue weighted by Crippen LogP contribution is -2.45. The molecular formula is C16H17ClFN4+. The number of hydrogen-bond acceptors (Lipinski definition) is 3. The molecule has 1 aromatic heterocycles. The summed E-state index contributed by atoms with van der Waals surface area (Å²) >= 11 is 5.99. The van der Waals surface area contributed by atoms with Crippen molar-refractivity contribution in [2.75, 3.05) is 31.1 Å². The molecule has 1 aliphatic heterocycles. The first-order chi connectivity index (χ1) is 10.7. The van der Waals surface area contributed by atoms with Gasteiger partial charge >= 0.3 is 0 Å². The molecule has 114 valence electrons. The molecular weight excluding hydrogens is 303 g/mol. The lowest BCUT2D eigenvalue weighted by molar-refractivity contribution is -0.364. The number of nitrogens with zero attached hydrogens (tertiary/aromatic N) is 3. The molecule has 2 aromatic rings. The Morgan fingerprint density at radius 2 is 1.91 bits per heavy atom. The Morgan fingerprint density at radius 3 is 2.59 bits per heavy atom. The maximum absolute atomic E-state index is 13.7. The van der Waals surface area contributed by atoms with Crippen LogP contribution in [0.1, 0.15) is 5.56 Å². The van der Waals surface area contributed by atoms with Crippen molar-refractivity contribution in [3.05, 3.63) is 59.0 Å². The van der Waals surface area contributed by atoms with Crippen LogP contribution < -0.4 is 9.88 Å². The molecule has 0 spiro atoms. The van der Waals surface area contributed by atoms with E-state index < -0.39 is 0 Å². The predicted molar refractivity (Wildman–Crippen MR) is 85.8 cm³/mol. The van der Waals surface area contributed by atoms with Crippen molar-refractivity contribution in [2.24, 2.45) is 5.10 Å². The second-order valence-corrected chi connectivity index (χ2v) is 5.48. The summed E-state index contributed by atoms with van der Waals surface area (Å²) in [6, 6.07) is 10.7. The molecule has 1 N–H and O–H groups in total. The topological polar surface area (TPSA) is 33.0 Å². The highest BCUT2D eigenvalue weighted by Gasteiger charge is 2.22. The molecule has 3 rings (SSSR count). The summed E-state index contributed by atoms with van der Waals surface area (Å²) in [5, 5.41) is 6.66. The van der Waals surface area contributed by atoms with Crippen LogP contribution in [0.4, 0.5) is 10.2 Å². The van der Waals surface area contributed by atoms with E-state index in [1.165, 1.54) is 12.3 Å². The number of nitrogens with one attached hydrogen (secondary N) is 1. The van der Waals surface area contributed by atoms with E-state index in [4.69, 9.17) is 11.6 Å². The van der Waals surface area contributed by atoms with Crippen LogP contribution in [0.15, 0.2) is 47.7 Å². The summed E-state index contributed by atoms with van der Waals surface area (Å²) in [5.41, 5.74) is 0.336. The highest BCUT2D eigenvalue weighted by atomic mass is 35.5. The molecule has 0 atom stereocenters. The second kappa shape index (κ2) is 6.75. The van der Waals surface area contributed by atoms with Gasteiger partial charge in [0.1, 0.15) is 18.9 Å². The molecule has 4 nitrogen and oxygen atoms in total. The zero-order valence-corrected chi connectivity index (χ0v) is 12.8. The number of halogens is 2. The summed E-state index contributed by atoms with van der Waals surface area (Å²) in [6.45, 7) is 3.29. The number of aromatic nitrogens is 1. The Labute approximate surface area is 133 Å². The van der Waals surface area contributed by atoms with Gasteiger partial charge in [0, 0.05) is 11.6 Å². The molecule has 2 heterocycles. The Morgan fingerprint density at radius 1 is 1.09 bits per heavy atom. The number of H-pyrrole nitrogens is 1. The molecule has 0 aliphatic carbocycles. The Balaban J connectivity index is 1.61. The summed E-state index contributed by atoms with van der Waals surface area (Å²) in [6.07, 6.45) is 3.42. The highest BCUT2D eigenvalue weighted by Crippen LogP contribution is 2.17. The van der Waals surface area contributed by atoms with Crippen LogP contribution in [-0.4, -0.2) is 37.4 Å². The normalized spacial score (nSPS) is 15.5. The molecule has 6 heteroatoms. The summed E-state index contributed by atoms with van der Waals surface area (Å²) < 4.78 is 13.7. The quantitative estimate of drug-likeness (QED) is 0.814. The van der Waals surface area contributed by atoms with E-state index in [2.05, 4.69) is 21.1 Å². The lowest BCUT2D eigenvalue weighted by atomic mass is 10.2. The first-order valence-corrected chi connectivity index (χ1v) is 7.56. The predicted octanol–water partition coefficient (Wildman–Crippen LogP) is 2.45. The van der Waals surface area contributed by atoms with Gasteiger partial charge in [-0.2, -0.15) is 5.10 Å². The zero-order valence-electron chi connectivity index (χ0n) is 12.0. The standard InChI is InChI=1S/C16H16ClFN4/c17-14-4-3-5-15(18)13(14)12-20-22-10-8-21(9-11-22)16-6-1-2-7-19-16/h1-7,12H,8-11H2/p+1. The highest BCUT2D eigenvalue weighted by molar-refractivity contribution is 6.33. The van der Waals surface area contributed by atoms with Crippen LogP contribution in [0, 0.1) is 5.82 Å². The summed E-state index contributed by atoms with van der Waals surface area (Å²) in [5.74, 6) is 0.747. The maximum atomic E-state index is 13.7. The number of pyridine rings is 1. The van der Waals surface area contributed by atoms with Gasteiger partial charge in [0.2, 0.25) is 0 Å². The SMILES string of the molecule is Fc1cccc(Cl)c1C=NN1CCN(c2cccc[nH+]2)CC1. The molecule has 1 saturated heterocycles. The van der Waals surface area contributed by atoms with Crippen LogP contribution in [0.5, 0.6) is 0 Å². The van der Waals surface area contributed by atoms with Crippen molar-refractivity contribution in [1.82, 2.24) is 5.01 Å². The van der Waals surface area contributed by atoms with Crippen LogP contribution >= 0.6 is 11.6 Å². The minimum absolute atomic E-state index is 0.336. The van der Waals surface area contributed by atoms with Crippen molar-refractivity contribution in [1.29, 1.82) is 0 Å². The van der Waals surface area contributed by atoms with Crippen molar-refractivity contribution in [3.8, 4) is 0 Å². The minimum Gasteiger partial charge on any atom is -0.289 e. The van der Waals surface area contributed by atoms with E-state index in [1.807, 2.05) is 23.3 Å². The number of anilines is 1. The van der Waals surface area contributed by atoms with Gasteiger partial charge < -0.3 is 0 Å². The minimum atomic E-state index is -0.353. The van der Waals surface area contributed by atoms with Gasteiger partial charge in [0.05, 0.1) is 30.5 Å². The number of rotatable bonds is 3. The first-order valence-electron chi connectivity index (χ1n) is 7.18. The van der Waals surface area contributed by atoms with Gasteiger partial charge in [-0.1, -0.05) is 23.7 Å². The van der Waals surface area contributed by atoms with Crippen LogP contribution in [0.3, 0.4) is 0 Å². The van der Waals surface area contributed by atoms with E-state index >= 15 is 0 Å². The first kappa shape index (κ1) is 14.8. The van der Waals surface area contributed by atoms with Gasteiger partial charge in [-0.3, -0.25) is 9.91 Å². The molecule has 0 radical (unpaired) electrons. The van der Waals surface area contributed by atoms with Crippen LogP contribution in [-0.2, 0) is 0 Å². The molecule has 0 amide bonds. The molecule has 0 bridgehead atoms. The van der Waals surface area contributed by atoms with Crippen LogP contribution in [0.25, 0.3) is 0 Å². The van der Waals surface area contributed by atoms with Crippen molar-refractivity contribution in [2.45, 2.75) is 0 Å². The van der Waals surface area contributed by atoms with E-state index in [0.29, 0.717) is 10.6 Å². The monoisotopic (exact) mass is 319 g/mol. The average Bonchev–Trinajstić information content (AvgIpc) is 2.56. The third-order valence-corrected chi connectivity index (χ3v) is 3.97. The van der Waals surface area contributed by atoms with Crippen molar-refractivity contribution in [3.63, 3.8) is 0 Å². The fraction of sp³-hybridized carbons (Fsp3) is 0.250. The lowest BCUT2D eigenvalue weighted by Gasteiger charge is -2.28. The van der Waals surface area contributed by atoms with Gasteiger partial charge in [-0.05, 0) is 18.2 Å². The van der Waals surface area contributed by atoms with Gasteiger partial charge in [-0.15, -0.1) is 0 Å². The summed E-state index contributed by atoms with van der Waals surface area (Å²) in [4.78, 5) is 5.49. The Hall–Kier alpha value is -2.14. The van der Waals surface area contributed by atoms with Gasteiger partial charge in [0.25, 0.3) is 5.82 Å². The third-order valence-electron chi connectivity index (χ3n) is 3.64. The van der Waals surface area contributed by atoms with E-state index in [1.54, 1.807) is 12.1 Å². The average molecular weight is 320 g/mol. The third kappa shape index (κ3) is 3.36. The maximum Gasteiger partial charge on any atom is 0.274 e. The molecule has 1 fully saturated rings. The number of hydrazone groups is 1. The Bertz CT molecular complexity index is 634. The van der Waals surface area contributed by atoms with Crippen molar-refractivity contribution < 1.29 is 9.37 Å². The van der Waals surface area contributed by atoms with Gasteiger partial charge in [-0.25, -0.2) is 9.37 Å². The van der Waals surface area contributed by atoms with E-state index in [-0.39, 0.29) is 5.82 Å². The summed E-state index contributed by atoms with van der Waals surface area (Å²) in [7, 11) is 0. The molecule has 0 saturated carbocycles. The van der Waals surface area contributed by atoms with Crippen molar-refractivity contribution >= 4 is 23.6 Å². The number of aromatic amines is 1.